The van der Waals surface area contributed by atoms with E-state index < -0.39 is 0 Å². The van der Waals surface area contributed by atoms with Gasteiger partial charge in [-0.1, -0.05) is 41.9 Å². The van der Waals surface area contributed by atoms with Gasteiger partial charge in [0.1, 0.15) is 0 Å². The lowest BCUT2D eigenvalue weighted by molar-refractivity contribution is 0.552. The predicted molar refractivity (Wildman–Crippen MR) is 60.7 cm³/mol. The molecule has 0 saturated heterocycles. The third kappa shape index (κ3) is 4.44. The average Bonchev–Trinajstić information content (AvgIpc) is 2.08. The molecule has 0 fully saturated rings. The van der Waals surface area contributed by atoms with E-state index in [1.165, 1.54) is 5.56 Å². The number of hydrogen-bond donors (Lipinski definition) is 1. The molecule has 0 spiro atoms. The fourth-order valence-corrected chi connectivity index (χ4v) is 1.37. The number of benzene rings is 1. The fraction of sp³-hybridized carbons (Fsp3) is 0.455. The smallest absolute Gasteiger partial charge is 0.0205 e. The summed E-state index contributed by atoms with van der Waals surface area (Å²) in [5.74, 6) is 0.718. The number of halogens is 1. The summed E-state index contributed by atoms with van der Waals surface area (Å²) in [5, 5.41) is 3.41. The summed E-state index contributed by atoms with van der Waals surface area (Å²) >= 11 is 3.42. The lowest BCUT2D eigenvalue weighted by Gasteiger charge is -2.07. The van der Waals surface area contributed by atoms with E-state index >= 15 is 0 Å². The summed E-state index contributed by atoms with van der Waals surface area (Å²) in [6.07, 6.45) is 0. The Kier molecular flexibility index (Phi) is 4.46. The molecule has 0 saturated carbocycles. The Morgan fingerprint density at radius 3 is 2.38 bits per heavy atom. The molecule has 0 aliphatic heterocycles. The lowest BCUT2D eigenvalue weighted by atomic mass is 10.2. The summed E-state index contributed by atoms with van der Waals surface area (Å²) in [5.41, 5.74) is 1.34. The van der Waals surface area contributed by atoms with Crippen molar-refractivity contribution in [2.24, 2.45) is 5.92 Å². The van der Waals surface area contributed by atoms with Gasteiger partial charge in [-0.05, 0) is 30.2 Å². The monoisotopic (exact) mass is 241 g/mol. The van der Waals surface area contributed by atoms with Crippen LogP contribution in [0.15, 0.2) is 28.7 Å². The van der Waals surface area contributed by atoms with E-state index in [0.717, 1.165) is 23.5 Å². The van der Waals surface area contributed by atoms with Gasteiger partial charge in [-0.25, -0.2) is 0 Å². The first-order valence-electron chi connectivity index (χ1n) is 4.63. The van der Waals surface area contributed by atoms with Gasteiger partial charge in [-0.2, -0.15) is 0 Å². The zero-order valence-corrected chi connectivity index (χ0v) is 9.76. The van der Waals surface area contributed by atoms with E-state index in [1.54, 1.807) is 0 Å². The van der Waals surface area contributed by atoms with E-state index in [-0.39, 0.29) is 0 Å². The van der Waals surface area contributed by atoms with Crippen LogP contribution in [0.3, 0.4) is 0 Å². The van der Waals surface area contributed by atoms with Crippen LogP contribution in [0.5, 0.6) is 0 Å². The van der Waals surface area contributed by atoms with Crippen LogP contribution in [-0.2, 0) is 6.54 Å². The van der Waals surface area contributed by atoms with E-state index in [1.807, 2.05) is 0 Å². The second-order valence-corrected chi connectivity index (χ2v) is 4.57. The normalized spacial score (nSPS) is 10.8. The molecule has 0 atom stereocenters. The highest BCUT2D eigenvalue weighted by molar-refractivity contribution is 9.10. The zero-order valence-electron chi connectivity index (χ0n) is 8.18. The molecule has 0 aliphatic carbocycles. The molecule has 0 amide bonds. The summed E-state index contributed by atoms with van der Waals surface area (Å²) in [6, 6.07) is 8.42. The zero-order chi connectivity index (χ0) is 9.68. The second kappa shape index (κ2) is 5.40. The summed E-state index contributed by atoms with van der Waals surface area (Å²) in [7, 11) is 0. The van der Waals surface area contributed by atoms with Crippen LogP contribution in [0.25, 0.3) is 0 Å². The third-order valence-electron chi connectivity index (χ3n) is 1.79. The van der Waals surface area contributed by atoms with Crippen LogP contribution in [-0.4, -0.2) is 6.54 Å². The van der Waals surface area contributed by atoms with Crippen LogP contribution in [0.1, 0.15) is 19.4 Å². The van der Waals surface area contributed by atoms with Crippen molar-refractivity contribution in [1.29, 1.82) is 0 Å². The molecular weight excluding hydrogens is 226 g/mol. The highest BCUT2D eigenvalue weighted by atomic mass is 79.9. The second-order valence-electron chi connectivity index (χ2n) is 3.65. The Balaban J connectivity index is 2.33. The minimum atomic E-state index is 0.718. The van der Waals surface area contributed by atoms with E-state index in [0.29, 0.717) is 0 Å². The first-order chi connectivity index (χ1) is 6.18. The van der Waals surface area contributed by atoms with Gasteiger partial charge in [0.15, 0.2) is 0 Å². The molecule has 1 N–H and O–H groups in total. The molecule has 0 heterocycles. The summed E-state index contributed by atoms with van der Waals surface area (Å²) < 4.78 is 1.14. The molecule has 1 rings (SSSR count). The van der Waals surface area contributed by atoms with Gasteiger partial charge < -0.3 is 5.32 Å². The largest absolute Gasteiger partial charge is 0.312 e. The van der Waals surface area contributed by atoms with Crippen molar-refractivity contribution in [2.75, 3.05) is 6.54 Å². The molecule has 0 aliphatic rings. The Morgan fingerprint density at radius 1 is 1.23 bits per heavy atom. The maximum atomic E-state index is 3.42. The van der Waals surface area contributed by atoms with Gasteiger partial charge in [-0.15, -0.1) is 0 Å². The maximum Gasteiger partial charge on any atom is 0.0205 e. The molecule has 0 radical (unpaired) electrons. The SMILES string of the molecule is CC(C)CNCc1ccc(Br)cc1. The van der Waals surface area contributed by atoms with Gasteiger partial charge in [0, 0.05) is 11.0 Å². The molecule has 0 bridgehead atoms. The number of rotatable bonds is 4. The van der Waals surface area contributed by atoms with Crippen LogP contribution in [0.4, 0.5) is 0 Å². The molecule has 13 heavy (non-hydrogen) atoms. The number of hydrogen-bond acceptors (Lipinski definition) is 1. The Morgan fingerprint density at radius 2 is 1.85 bits per heavy atom. The molecule has 1 aromatic carbocycles. The molecule has 1 nitrogen and oxygen atoms in total. The van der Waals surface area contributed by atoms with Crippen molar-refractivity contribution in [1.82, 2.24) is 5.32 Å². The van der Waals surface area contributed by atoms with Crippen LogP contribution in [0, 0.1) is 5.92 Å². The summed E-state index contributed by atoms with van der Waals surface area (Å²) in [6.45, 7) is 6.48. The fourth-order valence-electron chi connectivity index (χ4n) is 1.11. The van der Waals surface area contributed by atoms with E-state index in [9.17, 15) is 0 Å². The Labute approximate surface area is 88.7 Å². The minimum Gasteiger partial charge on any atom is -0.312 e. The lowest BCUT2D eigenvalue weighted by Crippen LogP contribution is -2.18. The molecule has 0 unspecified atom stereocenters. The molecular formula is C11H16BrN. The minimum absolute atomic E-state index is 0.718. The standard InChI is InChI=1S/C11H16BrN/c1-9(2)7-13-8-10-3-5-11(12)6-4-10/h3-6,9,13H,7-8H2,1-2H3. The first-order valence-corrected chi connectivity index (χ1v) is 5.43. The van der Waals surface area contributed by atoms with Crippen molar-refractivity contribution in [3.8, 4) is 0 Å². The van der Waals surface area contributed by atoms with Crippen molar-refractivity contribution in [3.05, 3.63) is 34.3 Å². The first kappa shape index (κ1) is 10.7. The Hall–Kier alpha value is -0.340. The molecule has 2 heteroatoms. The maximum absolute atomic E-state index is 3.42. The van der Waals surface area contributed by atoms with Gasteiger partial charge in [-0.3, -0.25) is 0 Å². The highest BCUT2D eigenvalue weighted by Gasteiger charge is 1.94. The van der Waals surface area contributed by atoms with Gasteiger partial charge >= 0.3 is 0 Å². The van der Waals surface area contributed by atoms with Crippen LogP contribution >= 0.6 is 15.9 Å². The molecule has 0 aromatic heterocycles. The van der Waals surface area contributed by atoms with E-state index in [2.05, 4.69) is 59.4 Å². The average molecular weight is 242 g/mol. The van der Waals surface area contributed by atoms with Crippen molar-refractivity contribution < 1.29 is 0 Å². The van der Waals surface area contributed by atoms with Gasteiger partial charge in [0.05, 0.1) is 0 Å². The predicted octanol–water partition coefficient (Wildman–Crippen LogP) is 3.19. The quantitative estimate of drug-likeness (QED) is 0.854. The van der Waals surface area contributed by atoms with Crippen molar-refractivity contribution >= 4 is 15.9 Å². The van der Waals surface area contributed by atoms with E-state index in [4.69, 9.17) is 0 Å². The third-order valence-corrected chi connectivity index (χ3v) is 2.32. The van der Waals surface area contributed by atoms with Crippen LogP contribution < -0.4 is 5.32 Å². The highest BCUT2D eigenvalue weighted by Crippen LogP contribution is 2.10. The van der Waals surface area contributed by atoms with Crippen LogP contribution in [0.2, 0.25) is 0 Å². The summed E-state index contributed by atoms with van der Waals surface area (Å²) in [4.78, 5) is 0. The Bertz CT molecular complexity index is 241. The molecule has 72 valence electrons. The molecule has 1 aromatic rings. The van der Waals surface area contributed by atoms with Gasteiger partial charge in [0.2, 0.25) is 0 Å². The van der Waals surface area contributed by atoms with Crippen molar-refractivity contribution in [3.63, 3.8) is 0 Å². The number of nitrogens with one attached hydrogen (secondary N) is 1. The van der Waals surface area contributed by atoms with Crippen molar-refractivity contribution in [2.45, 2.75) is 20.4 Å². The topological polar surface area (TPSA) is 12.0 Å². The van der Waals surface area contributed by atoms with Gasteiger partial charge in [0.25, 0.3) is 0 Å².